The number of alkyl halides is 1. The van der Waals surface area contributed by atoms with Gasteiger partial charge >= 0.3 is 0 Å². The number of nitrogens with zero attached hydrogens (tertiary/aromatic N) is 6. The Bertz CT molecular complexity index is 1590. The zero-order valence-corrected chi connectivity index (χ0v) is 23.3. The summed E-state index contributed by atoms with van der Waals surface area (Å²) in [5.41, 5.74) is 6.16. The number of anilines is 1. The second kappa shape index (κ2) is 14.1. The molecule has 3 amide bonds. The molecule has 0 atom stereocenters. The van der Waals surface area contributed by atoms with Gasteiger partial charge < -0.3 is 5.32 Å². The standard InChI is InChI=1S/C24H20ClN9O5S2/c25-11-20(35)28-23-27-17(13-40-23)10-19-29-31-24(41-14-21(36)30-26-12-15-5-2-1-3-6-15)33(19)32-22(37)16-7-4-8-18(9-16)34(38)39/h1-9,12-13H,10-11,14H2,(H,30,36)(H,32,37)(H,27,28,35)/b26-12+. The van der Waals surface area contributed by atoms with E-state index in [-0.39, 0.29) is 40.3 Å². The minimum Gasteiger partial charge on any atom is -0.301 e. The summed E-state index contributed by atoms with van der Waals surface area (Å²) < 4.78 is 1.28. The number of aromatic nitrogens is 4. The number of amides is 3. The van der Waals surface area contributed by atoms with Crippen LogP contribution in [0.3, 0.4) is 0 Å². The molecule has 0 aliphatic heterocycles. The van der Waals surface area contributed by atoms with Crippen LogP contribution in [0.1, 0.15) is 27.4 Å². The molecule has 14 nitrogen and oxygen atoms in total. The van der Waals surface area contributed by atoms with Crippen molar-refractivity contribution in [3.63, 3.8) is 0 Å². The lowest BCUT2D eigenvalue weighted by molar-refractivity contribution is -0.384. The van der Waals surface area contributed by atoms with Crippen LogP contribution in [0.5, 0.6) is 0 Å². The van der Waals surface area contributed by atoms with Crippen molar-refractivity contribution < 1.29 is 19.3 Å². The SMILES string of the molecule is O=C(CSc1nnc(Cc2csc(NC(=O)CCl)n2)n1NC(=O)c1cccc([N+](=O)[O-])c1)N/N=C/c1ccccc1. The zero-order valence-electron chi connectivity index (χ0n) is 20.9. The van der Waals surface area contributed by atoms with Crippen molar-refractivity contribution >= 4 is 69.5 Å². The molecule has 0 aliphatic carbocycles. The van der Waals surface area contributed by atoms with E-state index in [0.717, 1.165) is 23.4 Å². The van der Waals surface area contributed by atoms with Gasteiger partial charge in [0, 0.05) is 23.1 Å². The Hall–Kier alpha value is -4.67. The number of benzene rings is 2. The van der Waals surface area contributed by atoms with Gasteiger partial charge in [0.2, 0.25) is 11.1 Å². The molecule has 210 valence electrons. The van der Waals surface area contributed by atoms with Crippen LogP contribution >= 0.6 is 34.7 Å². The molecule has 2 aromatic heterocycles. The lowest BCUT2D eigenvalue weighted by Gasteiger charge is -2.11. The van der Waals surface area contributed by atoms with E-state index in [1.165, 1.54) is 40.4 Å². The molecular weight excluding hydrogens is 594 g/mol. The Morgan fingerprint density at radius 3 is 2.68 bits per heavy atom. The molecule has 0 bridgehead atoms. The molecule has 0 unspecified atom stereocenters. The quantitative estimate of drug-likeness (QED) is 0.0709. The van der Waals surface area contributed by atoms with Crippen molar-refractivity contribution in [2.45, 2.75) is 11.6 Å². The number of nitro benzene ring substituents is 1. The Labute approximate surface area is 245 Å². The summed E-state index contributed by atoms with van der Waals surface area (Å²) in [6, 6.07) is 14.4. The molecule has 0 saturated heterocycles. The maximum absolute atomic E-state index is 13.0. The maximum Gasteiger partial charge on any atom is 0.270 e. The van der Waals surface area contributed by atoms with Gasteiger partial charge in [-0.25, -0.2) is 15.1 Å². The van der Waals surface area contributed by atoms with E-state index in [0.29, 0.717) is 10.8 Å². The Morgan fingerprint density at radius 2 is 1.93 bits per heavy atom. The number of thioether (sulfide) groups is 1. The van der Waals surface area contributed by atoms with Gasteiger partial charge in [-0.2, -0.15) is 5.10 Å². The normalized spacial score (nSPS) is 10.9. The van der Waals surface area contributed by atoms with Gasteiger partial charge in [0.15, 0.2) is 11.0 Å². The van der Waals surface area contributed by atoms with Crippen LogP contribution < -0.4 is 16.2 Å². The highest BCUT2D eigenvalue weighted by Crippen LogP contribution is 2.21. The van der Waals surface area contributed by atoms with Gasteiger partial charge in [0.05, 0.1) is 29.0 Å². The van der Waals surface area contributed by atoms with Gasteiger partial charge in [0.1, 0.15) is 5.88 Å². The predicted molar refractivity (Wildman–Crippen MR) is 154 cm³/mol. The fourth-order valence-electron chi connectivity index (χ4n) is 3.19. The molecule has 41 heavy (non-hydrogen) atoms. The van der Waals surface area contributed by atoms with Crippen molar-refractivity contribution in [3.05, 3.63) is 92.7 Å². The average molecular weight is 614 g/mol. The summed E-state index contributed by atoms with van der Waals surface area (Å²) in [6.45, 7) is 0. The highest BCUT2D eigenvalue weighted by Gasteiger charge is 2.20. The van der Waals surface area contributed by atoms with Gasteiger partial charge in [-0.3, -0.25) is 29.9 Å². The Morgan fingerprint density at radius 1 is 1.12 bits per heavy atom. The van der Waals surface area contributed by atoms with E-state index < -0.39 is 22.6 Å². The Kier molecular flexibility index (Phi) is 10.1. The van der Waals surface area contributed by atoms with Crippen LogP contribution in [0.2, 0.25) is 0 Å². The summed E-state index contributed by atoms with van der Waals surface area (Å²) in [7, 11) is 0. The van der Waals surface area contributed by atoms with Crippen LogP contribution in [0.4, 0.5) is 10.8 Å². The minimum atomic E-state index is -0.665. The first kappa shape index (κ1) is 29.3. The molecular formula is C24H20ClN9O5S2. The summed E-state index contributed by atoms with van der Waals surface area (Å²) in [4.78, 5) is 51.8. The first-order valence-electron chi connectivity index (χ1n) is 11.6. The molecule has 0 aliphatic rings. The number of hydrogen-bond acceptors (Lipinski definition) is 11. The first-order valence-corrected chi connectivity index (χ1v) is 14.0. The second-order valence-electron chi connectivity index (χ2n) is 7.98. The van der Waals surface area contributed by atoms with Crippen LogP contribution in [0.15, 0.2) is 70.2 Å². The number of nitro groups is 1. The van der Waals surface area contributed by atoms with Crippen molar-refractivity contribution in [2.75, 3.05) is 22.4 Å². The summed E-state index contributed by atoms with van der Waals surface area (Å²) in [6.07, 6.45) is 1.60. The van der Waals surface area contributed by atoms with Crippen molar-refractivity contribution in [3.8, 4) is 0 Å². The van der Waals surface area contributed by atoms with E-state index in [1.807, 2.05) is 30.3 Å². The number of nitrogens with one attached hydrogen (secondary N) is 3. The largest absolute Gasteiger partial charge is 0.301 e. The van der Waals surface area contributed by atoms with E-state index in [9.17, 15) is 24.5 Å². The summed E-state index contributed by atoms with van der Waals surface area (Å²) in [5.74, 6) is -1.58. The molecule has 17 heteroatoms. The molecule has 3 N–H and O–H groups in total. The minimum absolute atomic E-state index is 0.0301. The van der Waals surface area contributed by atoms with E-state index in [4.69, 9.17) is 11.6 Å². The highest BCUT2D eigenvalue weighted by molar-refractivity contribution is 7.99. The fraction of sp³-hybridized carbons (Fsp3) is 0.125. The second-order valence-corrected chi connectivity index (χ2v) is 10.0. The van der Waals surface area contributed by atoms with Gasteiger partial charge in [-0.15, -0.1) is 33.1 Å². The molecule has 0 fully saturated rings. The number of carbonyl (C=O) groups is 3. The Balaban J connectivity index is 1.50. The number of hydrazone groups is 1. The number of carbonyl (C=O) groups excluding carboxylic acids is 3. The van der Waals surface area contributed by atoms with Crippen LogP contribution in [-0.2, 0) is 16.0 Å². The average Bonchev–Trinajstić information content (AvgIpc) is 3.58. The summed E-state index contributed by atoms with van der Waals surface area (Å²) >= 11 is 7.69. The van der Waals surface area contributed by atoms with Crippen LogP contribution in [0.25, 0.3) is 0 Å². The van der Waals surface area contributed by atoms with E-state index >= 15 is 0 Å². The third kappa shape index (κ3) is 8.41. The van der Waals surface area contributed by atoms with Crippen LogP contribution in [-0.4, -0.2) is 60.3 Å². The van der Waals surface area contributed by atoms with Crippen LogP contribution in [0, 0.1) is 10.1 Å². The summed E-state index contributed by atoms with van der Waals surface area (Å²) in [5, 5.41) is 28.1. The number of halogens is 1. The predicted octanol–water partition coefficient (Wildman–Crippen LogP) is 3.04. The molecule has 0 spiro atoms. The number of non-ortho nitro benzene ring substituents is 1. The lowest BCUT2D eigenvalue weighted by Crippen LogP contribution is -2.26. The van der Waals surface area contributed by atoms with Crippen molar-refractivity contribution in [1.82, 2.24) is 25.3 Å². The number of hydrogen-bond donors (Lipinski definition) is 3. The van der Waals surface area contributed by atoms with E-state index in [2.05, 4.69) is 36.5 Å². The smallest absolute Gasteiger partial charge is 0.270 e. The third-order valence-corrected chi connectivity index (χ3v) is 7.00. The molecule has 0 radical (unpaired) electrons. The first-order chi connectivity index (χ1) is 19.8. The van der Waals surface area contributed by atoms with Crippen molar-refractivity contribution in [2.24, 2.45) is 5.10 Å². The fourth-order valence-corrected chi connectivity index (χ4v) is 4.68. The molecule has 0 saturated carbocycles. The highest BCUT2D eigenvalue weighted by atomic mass is 35.5. The number of thiazole rings is 1. The molecule has 2 aromatic carbocycles. The topological polar surface area (TPSA) is 186 Å². The molecule has 4 rings (SSSR count). The van der Waals surface area contributed by atoms with E-state index in [1.54, 1.807) is 5.38 Å². The lowest BCUT2D eigenvalue weighted by atomic mass is 10.2. The number of rotatable bonds is 12. The monoisotopic (exact) mass is 613 g/mol. The maximum atomic E-state index is 13.0. The van der Waals surface area contributed by atoms with Gasteiger partial charge in [0.25, 0.3) is 17.5 Å². The van der Waals surface area contributed by atoms with Crippen molar-refractivity contribution in [1.29, 1.82) is 0 Å². The van der Waals surface area contributed by atoms with Gasteiger partial charge in [-0.1, -0.05) is 48.2 Å². The zero-order chi connectivity index (χ0) is 29.2. The van der Waals surface area contributed by atoms with Gasteiger partial charge in [-0.05, 0) is 11.6 Å². The third-order valence-electron chi connectivity index (χ3n) is 5.03. The molecule has 2 heterocycles. The molecule has 4 aromatic rings.